The Labute approximate surface area is 195 Å². The third-order valence-corrected chi connectivity index (χ3v) is 5.67. The second-order valence-electron chi connectivity index (χ2n) is 7.48. The Hall–Kier alpha value is -2.65. The number of rotatable bonds is 9. The molecule has 2 aromatic rings. The molecule has 1 heterocycles. The molecule has 2 aromatic carbocycles. The Morgan fingerprint density at radius 3 is 2.81 bits per heavy atom. The molecule has 1 aliphatic heterocycles. The summed E-state index contributed by atoms with van der Waals surface area (Å²) in [4.78, 5) is 19.3. The van der Waals surface area contributed by atoms with Crippen molar-refractivity contribution in [3.8, 4) is 11.5 Å². The summed E-state index contributed by atoms with van der Waals surface area (Å²) in [5, 5.41) is 2.52. The van der Waals surface area contributed by atoms with E-state index in [9.17, 15) is 9.18 Å². The molecule has 9 heteroatoms. The lowest BCUT2D eigenvalue weighted by Crippen LogP contribution is -2.37. The van der Waals surface area contributed by atoms with Crippen LogP contribution in [0.5, 0.6) is 11.5 Å². The van der Waals surface area contributed by atoms with Gasteiger partial charge in [-0.25, -0.2) is 4.39 Å². The second-order valence-corrected chi connectivity index (χ2v) is 8.40. The lowest BCUT2D eigenvalue weighted by atomic mass is 10.1. The molecule has 172 valence electrons. The van der Waals surface area contributed by atoms with Gasteiger partial charge in [-0.1, -0.05) is 22.0 Å². The Balaban J connectivity index is 1.62. The van der Waals surface area contributed by atoms with Crippen molar-refractivity contribution in [3.63, 3.8) is 0 Å². The van der Waals surface area contributed by atoms with Gasteiger partial charge >= 0.3 is 0 Å². The average molecular weight is 507 g/mol. The molecule has 0 aromatic heterocycles. The van der Waals surface area contributed by atoms with Gasteiger partial charge in [0, 0.05) is 16.6 Å². The summed E-state index contributed by atoms with van der Waals surface area (Å²) < 4.78 is 26.3. The van der Waals surface area contributed by atoms with E-state index in [0.717, 1.165) is 30.5 Å². The van der Waals surface area contributed by atoms with Crippen molar-refractivity contribution in [3.05, 3.63) is 57.8 Å². The number of methoxy groups -OCH3 is 1. The number of amides is 1. The molecule has 1 saturated heterocycles. The van der Waals surface area contributed by atoms with E-state index >= 15 is 0 Å². The summed E-state index contributed by atoms with van der Waals surface area (Å²) in [6.07, 6.45) is 3.35. The molecule has 0 aliphatic carbocycles. The molecular weight excluding hydrogens is 479 g/mol. The SMILES string of the molecule is COc1ccc(Br)cc1COc1c(F)cccc1C(=O)NC(N)=NCCCN1CCCC1. The molecule has 1 aliphatic rings. The highest BCUT2D eigenvalue weighted by molar-refractivity contribution is 9.10. The number of para-hydroxylation sites is 1. The summed E-state index contributed by atoms with van der Waals surface area (Å²) in [5.74, 6) is -0.788. The van der Waals surface area contributed by atoms with Crippen LogP contribution in [0.1, 0.15) is 35.2 Å². The smallest absolute Gasteiger partial charge is 0.261 e. The minimum absolute atomic E-state index is 0.000271. The first-order valence-corrected chi connectivity index (χ1v) is 11.3. The van der Waals surface area contributed by atoms with Crippen molar-refractivity contribution in [2.45, 2.75) is 25.9 Å². The molecule has 0 saturated carbocycles. The molecule has 32 heavy (non-hydrogen) atoms. The number of carbonyl (C=O) groups excluding carboxylic acids is 1. The highest BCUT2D eigenvalue weighted by Gasteiger charge is 2.18. The van der Waals surface area contributed by atoms with Crippen LogP contribution in [0.15, 0.2) is 45.9 Å². The van der Waals surface area contributed by atoms with Crippen LogP contribution in [-0.2, 0) is 6.61 Å². The number of aliphatic imine (C=N–C) groups is 1. The Morgan fingerprint density at radius 2 is 2.06 bits per heavy atom. The maximum absolute atomic E-state index is 14.5. The van der Waals surface area contributed by atoms with Crippen molar-refractivity contribution in [1.29, 1.82) is 0 Å². The van der Waals surface area contributed by atoms with Gasteiger partial charge in [-0.15, -0.1) is 0 Å². The van der Waals surface area contributed by atoms with E-state index in [1.807, 2.05) is 12.1 Å². The van der Waals surface area contributed by atoms with Crippen LogP contribution in [0.4, 0.5) is 4.39 Å². The van der Waals surface area contributed by atoms with Crippen molar-refractivity contribution >= 4 is 27.8 Å². The van der Waals surface area contributed by atoms with E-state index in [1.165, 1.54) is 31.0 Å². The van der Waals surface area contributed by atoms with Gasteiger partial charge in [0.25, 0.3) is 5.91 Å². The molecule has 0 atom stereocenters. The van der Waals surface area contributed by atoms with E-state index in [4.69, 9.17) is 15.2 Å². The molecule has 3 rings (SSSR count). The lowest BCUT2D eigenvalue weighted by molar-refractivity contribution is 0.0971. The molecule has 0 radical (unpaired) electrons. The van der Waals surface area contributed by atoms with E-state index in [0.29, 0.717) is 17.9 Å². The fourth-order valence-corrected chi connectivity index (χ4v) is 3.98. The minimum atomic E-state index is -0.646. The van der Waals surface area contributed by atoms with Crippen molar-refractivity contribution in [2.75, 3.05) is 33.3 Å². The van der Waals surface area contributed by atoms with Crippen LogP contribution >= 0.6 is 15.9 Å². The van der Waals surface area contributed by atoms with Gasteiger partial charge < -0.3 is 20.1 Å². The Kier molecular flexibility index (Phi) is 8.87. The summed E-state index contributed by atoms with van der Waals surface area (Å²) in [5.41, 5.74) is 6.60. The summed E-state index contributed by atoms with van der Waals surface area (Å²) in [6.45, 7) is 3.75. The third kappa shape index (κ3) is 6.67. The summed E-state index contributed by atoms with van der Waals surface area (Å²) in [7, 11) is 1.54. The third-order valence-electron chi connectivity index (χ3n) is 5.18. The number of benzene rings is 2. The number of guanidine groups is 1. The molecule has 0 spiro atoms. The summed E-state index contributed by atoms with van der Waals surface area (Å²) in [6, 6.07) is 9.58. The quantitative estimate of drug-likeness (QED) is 0.307. The largest absolute Gasteiger partial charge is 0.496 e. The van der Waals surface area contributed by atoms with Crippen LogP contribution in [0, 0.1) is 5.82 Å². The minimum Gasteiger partial charge on any atom is -0.496 e. The predicted molar refractivity (Wildman–Crippen MR) is 126 cm³/mol. The summed E-state index contributed by atoms with van der Waals surface area (Å²) >= 11 is 3.40. The number of ether oxygens (including phenoxy) is 2. The maximum atomic E-state index is 14.5. The number of nitrogens with one attached hydrogen (secondary N) is 1. The normalized spacial score (nSPS) is 14.4. The first-order chi connectivity index (χ1) is 15.5. The van der Waals surface area contributed by atoms with Gasteiger partial charge in [0.1, 0.15) is 12.4 Å². The van der Waals surface area contributed by atoms with Crippen LogP contribution in [0.2, 0.25) is 0 Å². The lowest BCUT2D eigenvalue weighted by Gasteiger charge is -2.14. The van der Waals surface area contributed by atoms with Gasteiger partial charge in [0.2, 0.25) is 0 Å². The molecular formula is C23H28BrFN4O3. The van der Waals surface area contributed by atoms with Gasteiger partial charge in [0.15, 0.2) is 17.5 Å². The van der Waals surface area contributed by atoms with Crippen LogP contribution in [0.3, 0.4) is 0 Å². The van der Waals surface area contributed by atoms with Gasteiger partial charge in [-0.3, -0.25) is 15.1 Å². The molecule has 3 N–H and O–H groups in total. The molecule has 0 bridgehead atoms. The standard InChI is InChI=1S/C23H28BrFN4O3/c1-31-20-9-8-17(24)14-16(20)15-32-21-18(6-4-7-19(21)25)22(30)28-23(26)27-10-5-13-29-11-2-3-12-29/h4,6-9,14H,2-3,5,10-13,15H2,1H3,(H3,26,27,28,30). The number of hydrogen-bond donors (Lipinski definition) is 2. The maximum Gasteiger partial charge on any atom is 0.261 e. The number of nitrogens with two attached hydrogens (primary N) is 1. The first kappa shape index (κ1) is 24.0. The van der Waals surface area contributed by atoms with E-state index in [2.05, 4.69) is 31.1 Å². The van der Waals surface area contributed by atoms with E-state index in [-0.39, 0.29) is 23.9 Å². The van der Waals surface area contributed by atoms with E-state index in [1.54, 1.807) is 13.2 Å². The zero-order chi connectivity index (χ0) is 22.9. The van der Waals surface area contributed by atoms with Gasteiger partial charge in [-0.05, 0) is 69.2 Å². The molecule has 1 amide bonds. The van der Waals surface area contributed by atoms with E-state index < -0.39 is 11.7 Å². The van der Waals surface area contributed by atoms with Gasteiger partial charge in [0.05, 0.1) is 12.7 Å². The zero-order valence-corrected chi connectivity index (χ0v) is 19.7. The van der Waals surface area contributed by atoms with Crippen LogP contribution in [-0.4, -0.2) is 50.1 Å². The fourth-order valence-electron chi connectivity index (χ4n) is 3.57. The van der Waals surface area contributed by atoms with Gasteiger partial charge in [-0.2, -0.15) is 0 Å². The second kappa shape index (κ2) is 11.8. The van der Waals surface area contributed by atoms with Crippen LogP contribution < -0.4 is 20.5 Å². The monoisotopic (exact) mass is 506 g/mol. The number of likely N-dealkylation sites (tertiary alicyclic amines) is 1. The van der Waals surface area contributed by atoms with Crippen molar-refractivity contribution < 1.29 is 18.7 Å². The highest BCUT2D eigenvalue weighted by Crippen LogP contribution is 2.27. The van der Waals surface area contributed by atoms with Crippen molar-refractivity contribution in [1.82, 2.24) is 10.2 Å². The number of hydrogen-bond acceptors (Lipinski definition) is 5. The zero-order valence-electron chi connectivity index (χ0n) is 18.1. The molecule has 7 nitrogen and oxygen atoms in total. The number of nitrogens with zero attached hydrogens (tertiary/aromatic N) is 2. The topological polar surface area (TPSA) is 89.2 Å². The number of carbonyl (C=O) groups is 1. The Morgan fingerprint density at radius 1 is 1.28 bits per heavy atom. The predicted octanol–water partition coefficient (Wildman–Crippen LogP) is 3.71. The van der Waals surface area contributed by atoms with Crippen LogP contribution in [0.25, 0.3) is 0 Å². The molecule has 0 unspecified atom stereocenters. The molecule has 1 fully saturated rings. The highest BCUT2D eigenvalue weighted by atomic mass is 79.9. The average Bonchev–Trinajstić information content (AvgIpc) is 3.29. The first-order valence-electron chi connectivity index (χ1n) is 10.6. The number of halogens is 2. The fraction of sp³-hybridized carbons (Fsp3) is 0.391. The van der Waals surface area contributed by atoms with Crippen molar-refractivity contribution in [2.24, 2.45) is 10.7 Å². The Bertz CT molecular complexity index is 964.